The summed E-state index contributed by atoms with van der Waals surface area (Å²) in [7, 11) is 1.33. The first-order valence-corrected chi connectivity index (χ1v) is 8.09. The SMILES string of the molecule is CCc1[nH]c(C(=O)Nc2ccnn2C(C)CC)c(C)c1C(=O)OC. The van der Waals surface area contributed by atoms with Gasteiger partial charge >= 0.3 is 5.97 Å². The molecule has 2 aromatic rings. The fourth-order valence-electron chi connectivity index (χ4n) is 2.65. The molecule has 0 fully saturated rings. The van der Waals surface area contributed by atoms with Crippen LogP contribution in [0.3, 0.4) is 0 Å². The highest BCUT2D eigenvalue weighted by atomic mass is 16.5. The summed E-state index contributed by atoms with van der Waals surface area (Å²) in [5.41, 5.74) is 2.08. The lowest BCUT2D eigenvalue weighted by atomic mass is 10.1. The van der Waals surface area contributed by atoms with Crippen LogP contribution in [0.4, 0.5) is 5.82 Å². The third kappa shape index (κ3) is 3.20. The van der Waals surface area contributed by atoms with Crippen LogP contribution in [0.25, 0.3) is 0 Å². The van der Waals surface area contributed by atoms with E-state index in [9.17, 15) is 9.59 Å². The Bertz CT molecular complexity index is 745. The molecule has 7 nitrogen and oxygen atoms in total. The van der Waals surface area contributed by atoms with E-state index in [1.54, 1.807) is 23.9 Å². The highest BCUT2D eigenvalue weighted by molar-refractivity contribution is 6.06. The number of carbonyl (C=O) groups is 2. The molecule has 0 aliphatic heterocycles. The molecular weight excluding hydrogens is 308 g/mol. The number of H-pyrrole nitrogens is 1. The number of hydrogen-bond acceptors (Lipinski definition) is 4. The summed E-state index contributed by atoms with van der Waals surface area (Å²) in [6, 6.07) is 1.93. The third-order valence-electron chi connectivity index (χ3n) is 4.22. The van der Waals surface area contributed by atoms with Crippen LogP contribution >= 0.6 is 0 Å². The molecule has 1 amide bonds. The number of anilines is 1. The predicted molar refractivity (Wildman–Crippen MR) is 91.4 cm³/mol. The number of aromatic amines is 1. The minimum absolute atomic E-state index is 0.178. The van der Waals surface area contributed by atoms with E-state index in [4.69, 9.17) is 4.74 Å². The van der Waals surface area contributed by atoms with Crippen LogP contribution in [0.2, 0.25) is 0 Å². The Labute approximate surface area is 141 Å². The molecule has 0 bridgehead atoms. The lowest BCUT2D eigenvalue weighted by Gasteiger charge is -2.14. The van der Waals surface area contributed by atoms with Gasteiger partial charge in [-0.05, 0) is 32.3 Å². The smallest absolute Gasteiger partial charge is 0.339 e. The molecule has 0 saturated heterocycles. The predicted octanol–water partition coefficient (Wildman–Crippen LogP) is 3.09. The molecule has 0 spiro atoms. The summed E-state index contributed by atoms with van der Waals surface area (Å²) in [6.07, 6.45) is 3.16. The fraction of sp³-hybridized carbons (Fsp3) is 0.471. The summed E-state index contributed by atoms with van der Waals surface area (Å²) in [4.78, 5) is 27.7. The van der Waals surface area contributed by atoms with Crippen molar-refractivity contribution in [3.05, 3.63) is 34.8 Å². The molecule has 1 unspecified atom stereocenters. The lowest BCUT2D eigenvalue weighted by molar-refractivity contribution is 0.0599. The van der Waals surface area contributed by atoms with Crippen molar-refractivity contribution >= 4 is 17.7 Å². The molecule has 0 aromatic carbocycles. The lowest BCUT2D eigenvalue weighted by Crippen LogP contribution is -2.18. The minimum atomic E-state index is -0.440. The van der Waals surface area contributed by atoms with Gasteiger partial charge < -0.3 is 15.0 Å². The Kier molecular flexibility index (Phi) is 5.43. The summed E-state index contributed by atoms with van der Waals surface area (Å²) < 4.78 is 6.59. The number of esters is 1. The number of hydrogen-bond donors (Lipinski definition) is 2. The molecule has 2 aromatic heterocycles. The van der Waals surface area contributed by atoms with Gasteiger partial charge in [-0.3, -0.25) is 4.79 Å². The zero-order chi connectivity index (χ0) is 17.9. The largest absolute Gasteiger partial charge is 0.465 e. The Morgan fingerprint density at radius 1 is 1.42 bits per heavy atom. The van der Waals surface area contributed by atoms with Gasteiger partial charge in [0.05, 0.1) is 24.9 Å². The second-order valence-electron chi connectivity index (χ2n) is 5.70. The molecule has 0 aliphatic rings. The Balaban J connectivity index is 2.33. The standard InChI is InChI=1S/C17H24N4O3/c1-6-10(3)21-13(8-9-18-21)20-16(22)15-11(4)14(17(23)24-5)12(7-2)19-15/h8-10,19H,6-7H2,1-5H3,(H,20,22). The second-order valence-corrected chi connectivity index (χ2v) is 5.70. The third-order valence-corrected chi connectivity index (χ3v) is 4.22. The fourth-order valence-corrected chi connectivity index (χ4v) is 2.65. The van der Waals surface area contributed by atoms with Crippen molar-refractivity contribution in [2.24, 2.45) is 0 Å². The van der Waals surface area contributed by atoms with Gasteiger partial charge in [0.15, 0.2) is 0 Å². The van der Waals surface area contributed by atoms with Crippen molar-refractivity contribution in [1.29, 1.82) is 0 Å². The van der Waals surface area contributed by atoms with Crippen LogP contribution in [0.15, 0.2) is 12.3 Å². The number of ether oxygens (including phenoxy) is 1. The second kappa shape index (κ2) is 7.33. The van der Waals surface area contributed by atoms with Gasteiger partial charge in [0, 0.05) is 11.8 Å². The van der Waals surface area contributed by atoms with Crippen molar-refractivity contribution in [2.45, 2.75) is 46.6 Å². The molecule has 130 valence electrons. The molecule has 24 heavy (non-hydrogen) atoms. The Hall–Kier alpha value is -2.57. The summed E-state index contributed by atoms with van der Waals surface area (Å²) >= 11 is 0. The monoisotopic (exact) mass is 332 g/mol. The van der Waals surface area contributed by atoms with Gasteiger partial charge in [-0.2, -0.15) is 5.10 Å². The van der Waals surface area contributed by atoms with E-state index in [1.807, 2.05) is 13.8 Å². The number of methoxy groups -OCH3 is 1. The maximum Gasteiger partial charge on any atom is 0.339 e. The van der Waals surface area contributed by atoms with Crippen LogP contribution < -0.4 is 5.32 Å². The van der Waals surface area contributed by atoms with Crippen LogP contribution in [-0.2, 0) is 11.2 Å². The van der Waals surface area contributed by atoms with Gasteiger partial charge in [-0.1, -0.05) is 13.8 Å². The number of nitrogens with one attached hydrogen (secondary N) is 2. The molecule has 2 heterocycles. The first-order chi connectivity index (χ1) is 11.4. The van der Waals surface area contributed by atoms with Crippen molar-refractivity contribution in [3.63, 3.8) is 0 Å². The van der Waals surface area contributed by atoms with Crippen LogP contribution in [0, 0.1) is 6.92 Å². The summed E-state index contributed by atoms with van der Waals surface area (Å²) in [6.45, 7) is 7.75. The van der Waals surface area contributed by atoms with Gasteiger partial charge in [0.1, 0.15) is 11.5 Å². The quantitative estimate of drug-likeness (QED) is 0.796. The normalized spacial score (nSPS) is 12.0. The minimum Gasteiger partial charge on any atom is -0.465 e. The van der Waals surface area contributed by atoms with Crippen molar-refractivity contribution in [1.82, 2.24) is 14.8 Å². The van der Waals surface area contributed by atoms with E-state index in [0.717, 1.165) is 6.42 Å². The number of aromatic nitrogens is 3. The summed E-state index contributed by atoms with van der Waals surface area (Å²) in [5, 5.41) is 7.12. The molecule has 2 N–H and O–H groups in total. The highest BCUT2D eigenvalue weighted by Crippen LogP contribution is 2.22. The highest BCUT2D eigenvalue weighted by Gasteiger charge is 2.24. The molecule has 0 aliphatic carbocycles. The molecule has 2 rings (SSSR count). The van der Waals surface area contributed by atoms with Crippen molar-refractivity contribution < 1.29 is 14.3 Å². The van der Waals surface area contributed by atoms with E-state index < -0.39 is 5.97 Å². The van der Waals surface area contributed by atoms with E-state index in [2.05, 4.69) is 22.3 Å². The molecule has 0 radical (unpaired) electrons. The summed E-state index contributed by atoms with van der Waals surface area (Å²) in [5.74, 6) is -0.118. The zero-order valence-corrected chi connectivity index (χ0v) is 14.8. The molecule has 1 atom stereocenters. The first kappa shape index (κ1) is 17.8. The van der Waals surface area contributed by atoms with Crippen LogP contribution in [0.1, 0.15) is 65.3 Å². The average molecular weight is 332 g/mol. The van der Waals surface area contributed by atoms with Crippen LogP contribution in [0.5, 0.6) is 0 Å². The molecule has 7 heteroatoms. The van der Waals surface area contributed by atoms with Gasteiger partial charge in [0.25, 0.3) is 5.91 Å². The number of carbonyl (C=O) groups excluding carboxylic acids is 2. The van der Waals surface area contributed by atoms with E-state index >= 15 is 0 Å². The van der Waals surface area contributed by atoms with Gasteiger partial charge in [-0.25, -0.2) is 9.48 Å². The van der Waals surface area contributed by atoms with Gasteiger partial charge in [0.2, 0.25) is 0 Å². The van der Waals surface area contributed by atoms with E-state index in [-0.39, 0.29) is 11.9 Å². The Morgan fingerprint density at radius 2 is 2.12 bits per heavy atom. The Morgan fingerprint density at radius 3 is 2.71 bits per heavy atom. The van der Waals surface area contributed by atoms with E-state index in [1.165, 1.54) is 7.11 Å². The van der Waals surface area contributed by atoms with Crippen molar-refractivity contribution in [2.75, 3.05) is 12.4 Å². The average Bonchev–Trinajstić information content (AvgIpc) is 3.17. The number of aryl methyl sites for hydroxylation is 1. The molecule has 0 saturated carbocycles. The van der Waals surface area contributed by atoms with Gasteiger partial charge in [-0.15, -0.1) is 0 Å². The molecular formula is C17H24N4O3. The number of nitrogens with zero attached hydrogens (tertiary/aromatic N) is 2. The van der Waals surface area contributed by atoms with Crippen molar-refractivity contribution in [3.8, 4) is 0 Å². The first-order valence-electron chi connectivity index (χ1n) is 8.09. The maximum absolute atomic E-state index is 12.7. The number of rotatable bonds is 6. The van der Waals surface area contributed by atoms with Crippen LogP contribution in [-0.4, -0.2) is 33.8 Å². The zero-order valence-electron chi connectivity index (χ0n) is 14.8. The maximum atomic E-state index is 12.7. The van der Waals surface area contributed by atoms with E-state index in [0.29, 0.717) is 34.8 Å². The topological polar surface area (TPSA) is 89.0 Å². The number of amides is 1.